The molecular formula is C29H30N2O3. The molecular weight excluding hydrogens is 424 g/mol. The Bertz CT molecular complexity index is 1160. The molecule has 0 spiro atoms. The van der Waals surface area contributed by atoms with E-state index < -0.39 is 5.60 Å². The summed E-state index contributed by atoms with van der Waals surface area (Å²) >= 11 is 0. The Morgan fingerprint density at radius 2 is 1.62 bits per heavy atom. The summed E-state index contributed by atoms with van der Waals surface area (Å²) in [5.74, 6) is 0.0506. The lowest BCUT2D eigenvalue weighted by atomic mass is 9.74. The predicted molar refractivity (Wildman–Crippen MR) is 130 cm³/mol. The summed E-state index contributed by atoms with van der Waals surface area (Å²) in [7, 11) is 0. The SMILES string of the molecule is Cc1ccc(C2(O)CC3CCCC(C2)N3C(=O)OCC2c3ccccc3-c3ccccc32)nc1. The summed E-state index contributed by atoms with van der Waals surface area (Å²) in [6.45, 7) is 2.32. The van der Waals surface area contributed by atoms with Crippen LogP contribution in [0.4, 0.5) is 4.79 Å². The van der Waals surface area contributed by atoms with Crippen molar-refractivity contribution in [2.24, 2.45) is 0 Å². The largest absolute Gasteiger partial charge is 0.448 e. The number of benzene rings is 2. The van der Waals surface area contributed by atoms with Gasteiger partial charge in [-0.2, -0.15) is 0 Å². The van der Waals surface area contributed by atoms with Gasteiger partial charge in [-0.25, -0.2) is 4.79 Å². The predicted octanol–water partition coefficient (Wildman–Crippen LogP) is 5.54. The van der Waals surface area contributed by atoms with E-state index in [2.05, 4.69) is 53.5 Å². The average Bonchev–Trinajstić information content (AvgIpc) is 3.16. The van der Waals surface area contributed by atoms with Gasteiger partial charge >= 0.3 is 6.09 Å². The van der Waals surface area contributed by atoms with Crippen LogP contribution in [0.5, 0.6) is 0 Å². The van der Waals surface area contributed by atoms with Crippen molar-refractivity contribution in [3.8, 4) is 11.1 Å². The van der Waals surface area contributed by atoms with Crippen LogP contribution in [-0.4, -0.2) is 39.8 Å². The quantitative estimate of drug-likeness (QED) is 0.564. The third-order valence-corrected chi connectivity index (χ3v) is 7.94. The fourth-order valence-electron chi connectivity index (χ4n) is 6.35. The van der Waals surface area contributed by atoms with Crippen molar-refractivity contribution in [1.29, 1.82) is 0 Å². The fraction of sp³-hybridized carbons (Fsp3) is 0.379. The molecule has 3 heterocycles. The summed E-state index contributed by atoms with van der Waals surface area (Å²) in [6.07, 6.45) is 5.40. The third kappa shape index (κ3) is 3.50. The highest BCUT2D eigenvalue weighted by Gasteiger charge is 2.49. The first-order valence-electron chi connectivity index (χ1n) is 12.3. The monoisotopic (exact) mass is 454 g/mol. The average molecular weight is 455 g/mol. The number of fused-ring (bicyclic) bond motifs is 5. The smallest absolute Gasteiger partial charge is 0.410 e. The van der Waals surface area contributed by atoms with Crippen molar-refractivity contribution in [2.75, 3.05) is 6.61 Å². The second kappa shape index (κ2) is 8.24. The van der Waals surface area contributed by atoms with Crippen molar-refractivity contribution in [3.05, 3.63) is 89.2 Å². The van der Waals surface area contributed by atoms with Crippen LogP contribution in [0.25, 0.3) is 11.1 Å². The molecule has 2 saturated heterocycles. The van der Waals surface area contributed by atoms with E-state index in [1.165, 1.54) is 22.3 Å². The van der Waals surface area contributed by atoms with Crippen molar-refractivity contribution in [1.82, 2.24) is 9.88 Å². The van der Waals surface area contributed by atoms with E-state index in [-0.39, 0.29) is 24.1 Å². The molecule has 5 heteroatoms. The number of hydrogen-bond acceptors (Lipinski definition) is 4. The zero-order chi connectivity index (χ0) is 23.3. The second-order valence-corrected chi connectivity index (χ2v) is 10.1. The standard InChI is InChI=1S/C29H30N2O3/c1-19-13-14-27(30-17-19)29(33)15-20-7-6-8-21(16-29)31(20)28(32)34-18-26-24-11-4-2-9-22(24)23-10-3-5-12-25(23)26/h2-5,9-14,17,20-21,26,33H,6-8,15-16,18H2,1H3. The molecule has 2 aromatic carbocycles. The van der Waals surface area contributed by atoms with Gasteiger partial charge in [0.15, 0.2) is 0 Å². The molecule has 1 amide bonds. The van der Waals surface area contributed by atoms with E-state index in [0.29, 0.717) is 25.1 Å². The lowest BCUT2D eigenvalue weighted by Gasteiger charge is -2.51. The molecule has 6 rings (SSSR count). The minimum absolute atomic E-state index is 0.0312. The van der Waals surface area contributed by atoms with Gasteiger partial charge < -0.3 is 14.7 Å². The molecule has 34 heavy (non-hydrogen) atoms. The van der Waals surface area contributed by atoms with Gasteiger partial charge in [0.05, 0.1) is 5.69 Å². The number of rotatable bonds is 3. The van der Waals surface area contributed by atoms with Gasteiger partial charge in [0.2, 0.25) is 0 Å². The number of pyridine rings is 1. The lowest BCUT2D eigenvalue weighted by molar-refractivity contribution is -0.0913. The maximum absolute atomic E-state index is 13.4. The normalized spacial score (nSPS) is 25.5. The van der Waals surface area contributed by atoms with Gasteiger partial charge in [0.1, 0.15) is 12.2 Å². The molecule has 3 aliphatic rings. The highest BCUT2D eigenvalue weighted by atomic mass is 16.6. The number of carbonyl (C=O) groups is 1. The molecule has 2 unspecified atom stereocenters. The molecule has 0 saturated carbocycles. The molecule has 1 aromatic heterocycles. The Labute approximate surface area is 200 Å². The molecule has 5 nitrogen and oxygen atoms in total. The first-order chi connectivity index (χ1) is 16.5. The number of aryl methyl sites for hydroxylation is 1. The Morgan fingerprint density at radius 1 is 1.00 bits per heavy atom. The van der Waals surface area contributed by atoms with Gasteiger partial charge in [-0.1, -0.05) is 54.6 Å². The van der Waals surface area contributed by atoms with Crippen LogP contribution < -0.4 is 0 Å². The van der Waals surface area contributed by atoms with Crippen LogP contribution in [0, 0.1) is 6.92 Å². The highest BCUT2D eigenvalue weighted by Crippen LogP contribution is 2.46. The lowest BCUT2D eigenvalue weighted by Crippen LogP contribution is -2.59. The molecule has 1 N–H and O–H groups in total. The second-order valence-electron chi connectivity index (χ2n) is 10.1. The van der Waals surface area contributed by atoms with E-state index in [1.807, 2.05) is 24.0 Å². The number of aliphatic hydroxyl groups is 1. The maximum atomic E-state index is 13.4. The molecule has 2 fully saturated rings. The van der Waals surface area contributed by atoms with Gasteiger partial charge in [0.25, 0.3) is 0 Å². The van der Waals surface area contributed by atoms with Crippen LogP contribution in [0.1, 0.15) is 60.4 Å². The van der Waals surface area contributed by atoms with E-state index in [0.717, 1.165) is 24.8 Å². The molecule has 174 valence electrons. The van der Waals surface area contributed by atoms with E-state index in [1.54, 1.807) is 6.20 Å². The topological polar surface area (TPSA) is 62.7 Å². The first kappa shape index (κ1) is 21.4. The Morgan fingerprint density at radius 3 is 2.21 bits per heavy atom. The summed E-state index contributed by atoms with van der Waals surface area (Å²) in [4.78, 5) is 19.8. The number of aromatic nitrogens is 1. The van der Waals surface area contributed by atoms with Crippen molar-refractivity contribution >= 4 is 6.09 Å². The van der Waals surface area contributed by atoms with Crippen LogP contribution in [0.2, 0.25) is 0 Å². The number of piperidine rings is 2. The Balaban J connectivity index is 1.20. The minimum atomic E-state index is -0.996. The van der Waals surface area contributed by atoms with E-state index >= 15 is 0 Å². The molecule has 2 atom stereocenters. The van der Waals surface area contributed by atoms with Gasteiger partial charge in [-0.3, -0.25) is 4.98 Å². The van der Waals surface area contributed by atoms with E-state index in [4.69, 9.17) is 4.74 Å². The number of hydrogen-bond donors (Lipinski definition) is 1. The molecule has 2 bridgehead atoms. The highest BCUT2D eigenvalue weighted by molar-refractivity contribution is 5.79. The van der Waals surface area contributed by atoms with Gasteiger partial charge in [-0.15, -0.1) is 0 Å². The first-order valence-corrected chi connectivity index (χ1v) is 12.3. The summed E-state index contributed by atoms with van der Waals surface area (Å²) in [5.41, 5.74) is 5.68. The zero-order valence-corrected chi connectivity index (χ0v) is 19.5. The third-order valence-electron chi connectivity index (χ3n) is 7.94. The van der Waals surface area contributed by atoms with Crippen molar-refractivity contribution < 1.29 is 14.6 Å². The van der Waals surface area contributed by atoms with Crippen molar-refractivity contribution in [3.63, 3.8) is 0 Å². The minimum Gasteiger partial charge on any atom is -0.448 e. The van der Waals surface area contributed by atoms with Crippen LogP contribution in [-0.2, 0) is 10.3 Å². The summed E-state index contributed by atoms with van der Waals surface area (Å²) in [6, 6.07) is 20.6. The molecule has 0 radical (unpaired) electrons. The van der Waals surface area contributed by atoms with Crippen LogP contribution in [0.3, 0.4) is 0 Å². The van der Waals surface area contributed by atoms with Crippen LogP contribution in [0.15, 0.2) is 66.9 Å². The van der Waals surface area contributed by atoms with Crippen molar-refractivity contribution in [2.45, 2.75) is 62.6 Å². The maximum Gasteiger partial charge on any atom is 0.410 e. The number of ether oxygens (including phenoxy) is 1. The number of amides is 1. The van der Waals surface area contributed by atoms with Crippen LogP contribution >= 0.6 is 0 Å². The van der Waals surface area contributed by atoms with Gasteiger partial charge in [-0.05, 0) is 60.1 Å². The summed E-state index contributed by atoms with van der Waals surface area (Å²) in [5, 5.41) is 11.5. The molecule has 1 aliphatic carbocycles. The number of nitrogens with zero attached hydrogens (tertiary/aromatic N) is 2. The zero-order valence-electron chi connectivity index (χ0n) is 19.5. The fourth-order valence-corrected chi connectivity index (χ4v) is 6.35. The molecule has 2 aliphatic heterocycles. The Hall–Kier alpha value is -3.18. The molecule has 3 aromatic rings. The van der Waals surface area contributed by atoms with E-state index in [9.17, 15) is 9.90 Å². The summed E-state index contributed by atoms with van der Waals surface area (Å²) < 4.78 is 5.99. The van der Waals surface area contributed by atoms with Gasteiger partial charge in [0, 0.05) is 37.0 Å². The Kier molecular flexibility index (Phi) is 5.18. The number of carbonyl (C=O) groups excluding carboxylic acids is 1.